The number of amides is 4. The second-order valence-electron chi connectivity index (χ2n) is 16.7. The Labute approximate surface area is 328 Å². The van der Waals surface area contributed by atoms with Crippen molar-refractivity contribution in [2.75, 3.05) is 45.9 Å². The lowest BCUT2D eigenvalue weighted by molar-refractivity contribution is -0.121. The number of carbonyl (C=O) groups is 4. The van der Waals surface area contributed by atoms with Gasteiger partial charge in [-0.3, -0.25) is 19.1 Å². The lowest BCUT2D eigenvalue weighted by Crippen LogP contribution is -2.41. The maximum Gasteiger partial charge on any atom is 0.410 e. The van der Waals surface area contributed by atoms with Gasteiger partial charge in [-0.1, -0.05) is 0 Å². The number of nitrogens with one attached hydrogen (secondary N) is 3. The van der Waals surface area contributed by atoms with Crippen LogP contribution in [0.3, 0.4) is 0 Å². The van der Waals surface area contributed by atoms with Crippen LogP contribution in [0.2, 0.25) is 0 Å². The maximum atomic E-state index is 13.1. The fourth-order valence-electron chi connectivity index (χ4n) is 5.48. The zero-order valence-corrected chi connectivity index (χ0v) is 34.3. The third kappa shape index (κ3) is 17.3. The largest absolute Gasteiger partial charge is 0.444 e. The highest BCUT2D eigenvalue weighted by Gasteiger charge is 2.44. The number of rotatable bonds is 18. The summed E-state index contributed by atoms with van der Waals surface area (Å²) < 4.78 is 23.0. The van der Waals surface area contributed by atoms with Crippen LogP contribution in [0.15, 0.2) is 15.8 Å². The minimum absolute atomic E-state index is 0.117. The molecule has 6 N–H and O–H groups in total. The first-order chi connectivity index (χ1) is 25.9. The van der Waals surface area contributed by atoms with E-state index in [1.54, 1.807) is 72.1 Å². The van der Waals surface area contributed by atoms with E-state index in [-0.39, 0.29) is 31.6 Å². The second kappa shape index (κ2) is 21.4. The molecule has 2 rings (SSSR count). The molecular weight excluding hydrogens is 736 g/mol. The van der Waals surface area contributed by atoms with E-state index in [2.05, 4.69) is 15.6 Å². The number of aryl methyl sites for hydroxylation is 1. The summed E-state index contributed by atoms with van der Waals surface area (Å²) in [6.07, 6.45) is -3.97. The van der Waals surface area contributed by atoms with Gasteiger partial charge in [-0.2, -0.15) is 0 Å². The van der Waals surface area contributed by atoms with Crippen LogP contribution < -0.4 is 21.9 Å². The predicted molar refractivity (Wildman–Crippen MR) is 204 cm³/mol. The monoisotopic (exact) mass is 800 g/mol. The van der Waals surface area contributed by atoms with Gasteiger partial charge in [-0.15, -0.1) is 0 Å². The Morgan fingerprint density at radius 1 is 0.768 bits per heavy atom. The number of alkyl carbamates (subject to hydrolysis) is 1. The van der Waals surface area contributed by atoms with Crippen LogP contribution in [0.4, 0.5) is 14.4 Å². The Morgan fingerprint density at radius 2 is 1.25 bits per heavy atom. The van der Waals surface area contributed by atoms with Crippen LogP contribution in [0.25, 0.3) is 0 Å². The molecule has 4 amide bonds. The number of aliphatic hydroxyl groups is 3. The molecule has 1 fully saturated rings. The van der Waals surface area contributed by atoms with Crippen molar-refractivity contribution in [2.24, 2.45) is 0 Å². The van der Waals surface area contributed by atoms with E-state index in [0.717, 1.165) is 10.8 Å². The number of H-pyrrole nitrogens is 1. The number of hydrogen-bond donors (Lipinski definition) is 6. The van der Waals surface area contributed by atoms with E-state index in [0.29, 0.717) is 51.9 Å². The number of aromatic nitrogens is 2. The molecule has 1 aliphatic heterocycles. The average Bonchev–Trinajstić information content (AvgIpc) is 3.34. The summed E-state index contributed by atoms with van der Waals surface area (Å²) in [5.74, 6) is -0.398. The van der Waals surface area contributed by atoms with Gasteiger partial charge >= 0.3 is 24.0 Å². The van der Waals surface area contributed by atoms with Crippen molar-refractivity contribution in [1.82, 2.24) is 30.0 Å². The van der Waals surface area contributed by atoms with Crippen LogP contribution in [0.1, 0.15) is 106 Å². The summed E-state index contributed by atoms with van der Waals surface area (Å²) in [5.41, 5.74) is -3.83. The van der Waals surface area contributed by atoms with Gasteiger partial charge in [0.1, 0.15) is 41.2 Å². The average molecular weight is 801 g/mol. The summed E-state index contributed by atoms with van der Waals surface area (Å²) in [4.78, 5) is 80.9. The van der Waals surface area contributed by atoms with Crippen molar-refractivity contribution >= 4 is 24.2 Å². The van der Waals surface area contributed by atoms with E-state index in [1.807, 2.05) is 0 Å². The highest BCUT2D eigenvalue weighted by Crippen LogP contribution is 2.31. The van der Waals surface area contributed by atoms with Crippen molar-refractivity contribution in [2.45, 2.75) is 142 Å². The molecule has 1 unspecified atom stereocenters. The summed E-state index contributed by atoms with van der Waals surface area (Å²) in [6.45, 7) is 17.0. The van der Waals surface area contributed by atoms with Gasteiger partial charge in [0.2, 0.25) is 5.91 Å². The van der Waals surface area contributed by atoms with Gasteiger partial charge in [0.05, 0.1) is 12.2 Å². The van der Waals surface area contributed by atoms with E-state index in [4.69, 9.17) is 18.9 Å². The molecule has 19 heteroatoms. The van der Waals surface area contributed by atoms with Crippen molar-refractivity contribution in [3.05, 3.63) is 32.6 Å². The molecule has 0 saturated carbocycles. The molecule has 56 heavy (non-hydrogen) atoms. The highest BCUT2D eigenvalue weighted by atomic mass is 16.6. The van der Waals surface area contributed by atoms with Gasteiger partial charge in [0, 0.05) is 58.4 Å². The zero-order chi connectivity index (χ0) is 42.4. The summed E-state index contributed by atoms with van der Waals surface area (Å²) in [6, 6.07) is 0. The molecule has 1 aromatic rings. The number of unbranched alkanes of at least 4 members (excludes halogenated alkanes) is 1. The van der Waals surface area contributed by atoms with Gasteiger partial charge in [-0.05, 0) is 88.0 Å². The van der Waals surface area contributed by atoms with E-state index in [9.17, 15) is 44.1 Å². The number of hydrogen-bond acceptors (Lipinski definition) is 13. The number of ether oxygens (including phenoxy) is 4. The number of carbonyl (C=O) groups excluding carboxylic acids is 4. The predicted octanol–water partition coefficient (Wildman–Crippen LogP) is 1.76. The lowest BCUT2D eigenvalue weighted by atomic mass is 10.0. The van der Waals surface area contributed by atoms with Crippen LogP contribution >= 0.6 is 0 Å². The quantitative estimate of drug-likeness (QED) is 0.0916. The molecular formula is C37H64N6O13. The van der Waals surface area contributed by atoms with Gasteiger partial charge < -0.3 is 54.7 Å². The third-order valence-electron chi connectivity index (χ3n) is 8.08. The highest BCUT2D eigenvalue weighted by molar-refractivity contribution is 5.75. The molecule has 1 aliphatic rings. The summed E-state index contributed by atoms with van der Waals surface area (Å²) in [7, 11) is 0. The molecule has 1 saturated heterocycles. The molecule has 19 nitrogen and oxygen atoms in total. The first-order valence-corrected chi connectivity index (χ1v) is 19.1. The second-order valence-corrected chi connectivity index (χ2v) is 16.7. The molecule has 4 atom stereocenters. The fraction of sp³-hybridized carbons (Fsp3) is 0.784. The normalized spacial score (nSPS) is 18.6. The first-order valence-electron chi connectivity index (χ1n) is 19.1. The Balaban J connectivity index is 1.93. The fourth-order valence-corrected chi connectivity index (χ4v) is 5.48. The summed E-state index contributed by atoms with van der Waals surface area (Å²) in [5, 5.41) is 35.2. The number of aliphatic hydroxyl groups excluding tert-OH is 3. The van der Waals surface area contributed by atoms with Crippen LogP contribution in [-0.4, -0.2) is 140 Å². The number of aromatic amines is 1. The minimum atomic E-state index is -1.51. The molecule has 320 valence electrons. The zero-order valence-electron chi connectivity index (χ0n) is 34.3. The van der Waals surface area contributed by atoms with Crippen LogP contribution in [0.5, 0.6) is 0 Å². The van der Waals surface area contributed by atoms with Crippen molar-refractivity contribution in [3.63, 3.8) is 0 Å². The molecule has 0 spiro atoms. The van der Waals surface area contributed by atoms with E-state index < -0.39 is 83.3 Å². The Bertz CT molecular complexity index is 1560. The maximum absolute atomic E-state index is 13.1. The Morgan fingerprint density at radius 3 is 1.71 bits per heavy atom. The van der Waals surface area contributed by atoms with Crippen molar-refractivity contribution in [3.8, 4) is 0 Å². The molecule has 0 aromatic carbocycles. The van der Waals surface area contributed by atoms with Crippen molar-refractivity contribution in [1.29, 1.82) is 0 Å². The minimum Gasteiger partial charge on any atom is -0.444 e. The topological polar surface area (TPSA) is 251 Å². The molecule has 0 bridgehead atoms. The van der Waals surface area contributed by atoms with Crippen LogP contribution in [-0.2, 0) is 30.3 Å². The first kappa shape index (κ1) is 48.0. The standard InChI is InChI=1S/C37H64N6O13/c1-35(2,3)54-32(50)39-16-13-20-42(34(52)56-37(7,8)9)18-11-10-17-41(33(51)55-36(4,5)6)19-12-15-38-26(45)14-21-43-22-24(30(48)40-31(43)49)29-28(47)27(46)25(23-44)53-29/h22,25,27-29,44,46-47H,10-21,23H2,1-9H3,(H,38,45)(H,39,50)(H,40,48,49)/t25-,27?,28+,29+/m1/s1. The van der Waals surface area contributed by atoms with Crippen LogP contribution in [0, 0.1) is 0 Å². The van der Waals surface area contributed by atoms with E-state index in [1.165, 1.54) is 0 Å². The molecule has 2 heterocycles. The molecule has 0 aliphatic carbocycles. The number of nitrogens with zero attached hydrogens (tertiary/aromatic N) is 3. The molecule has 0 radical (unpaired) electrons. The summed E-state index contributed by atoms with van der Waals surface area (Å²) >= 11 is 0. The lowest BCUT2D eigenvalue weighted by Gasteiger charge is -2.29. The van der Waals surface area contributed by atoms with Crippen molar-refractivity contribution < 1.29 is 53.4 Å². The van der Waals surface area contributed by atoms with E-state index >= 15 is 0 Å². The smallest absolute Gasteiger partial charge is 0.410 e. The third-order valence-corrected chi connectivity index (χ3v) is 8.08. The molecule has 1 aromatic heterocycles. The Kier molecular flexibility index (Phi) is 18.3. The van der Waals surface area contributed by atoms with Gasteiger partial charge in [0.25, 0.3) is 5.56 Å². The Hall–Kier alpha value is -4.20. The van der Waals surface area contributed by atoms with Gasteiger partial charge in [-0.25, -0.2) is 19.2 Å². The SMILES string of the molecule is CC(C)(C)OC(=O)NCCCN(CCCCN(CCCNC(=O)CCn1cc([C@@H]2O[C@H](CO)C(O)[C@@H]2O)c(=O)[nH]c1=O)C(=O)OC(C)(C)C)C(=O)OC(C)(C)C. The van der Waals surface area contributed by atoms with Gasteiger partial charge in [0.15, 0.2) is 0 Å².